The van der Waals surface area contributed by atoms with E-state index < -0.39 is 0 Å². The molecule has 19 heavy (non-hydrogen) atoms. The number of hydrogen-bond donors (Lipinski definition) is 2. The molecule has 0 bridgehead atoms. The number of carbonyl (C=O) groups excluding carboxylic acids is 1. The molecule has 5 heteroatoms. The summed E-state index contributed by atoms with van der Waals surface area (Å²) in [6.45, 7) is 11.2. The number of rotatable bonds is 7. The lowest BCUT2D eigenvalue weighted by Gasteiger charge is -2.21. The summed E-state index contributed by atoms with van der Waals surface area (Å²) in [5, 5.41) is 2.94. The second-order valence-electron chi connectivity index (χ2n) is 5.65. The molecule has 1 heterocycles. The molecule has 5 nitrogen and oxygen atoms in total. The molecule has 0 spiro atoms. The monoisotopic (exact) mass is 270 g/mol. The van der Waals surface area contributed by atoms with Gasteiger partial charge in [-0.05, 0) is 52.9 Å². The molecule has 0 saturated carbocycles. The van der Waals surface area contributed by atoms with Crippen molar-refractivity contribution < 1.29 is 4.79 Å². The van der Waals surface area contributed by atoms with Crippen molar-refractivity contribution >= 4 is 5.91 Å². The van der Waals surface area contributed by atoms with E-state index in [0.717, 1.165) is 52.2 Å². The van der Waals surface area contributed by atoms with Gasteiger partial charge in [0, 0.05) is 32.1 Å². The molecule has 1 fully saturated rings. The van der Waals surface area contributed by atoms with Crippen molar-refractivity contribution in [2.24, 2.45) is 5.73 Å². The maximum absolute atomic E-state index is 11.6. The Morgan fingerprint density at radius 1 is 1.16 bits per heavy atom. The largest absolute Gasteiger partial charge is 0.354 e. The molecule has 1 amide bonds. The summed E-state index contributed by atoms with van der Waals surface area (Å²) in [4.78, 5) is 16.5. The summed E-state index contributed by atoms with van der Waals surface area (Å²) < 4.78 is 0. The van der Waals surface area contributed by atoms with Crippen LogP contribution in [-0.4, -0.2) is 67.6 Å². The van der Waals surface area contributed by atoms with Crippen LogP contribution in [-0.2, 0) is 4.79 Å². The van der Waals surface area contributed by atoms with E-state index in [1.54, 1.807) is 0 Å². The molecule has 0 aromatic heterocycles. The fourth-order valence-electron chi connectivity index (χ4n) is 2.44. The highest BCUT2D eigenvalue weighted by Gasteiger charge is 2.15. The summed E-state index contributed by atoms with van der Waals surface area (Å²) in [6, 6.07) is 0.239. The quantitative estimate of drug-likeness (QED) is 0.696. The molecule has 0 radical (unpaired) electrons. The van der Waals surface area contributed by atoms with Gasteiger partial charge < -0.3 is 20.9 Å². The first-order valence-electron chi connectivity index (χ1n) is 7.56. The van der Waals surface area contributed by atoms with E-state index in [4.69, 9.17) is 5.73 Å². The summed E-state index contributed by atoms with van der Waals surface area (Å²) in [6.07, 6.45) is 2.88. The minimum atomic E-state index is 0.166. The fourth-order valence-corrected chi connectivity index (χ4v) is 2.44. The lowest BCUT2D eigenvalue weighted by Crippen LogP contribution is -2.36. The van der Waals surface area contributed by atoms with E-state index >= 15 is 0 Å². The molecule has 0 unspecified atom stereocenters. The van der Waals surface area contributed by atoms with Crippen molar-refractivity contribution in [2.75, 3.05) is 45.8 Å². The Morgan fingerprint density at radius 2 is 1.79 bits per heavy atom. The number of nitrogens with zero attached hydrogens (tertiary/aromatic N) is 2. The molecule has 0 aromatic rings. The average Bonchev–Trinajstić information content (AvgIpc) is 2.58. The second kappa shape index (κ2) is 9.28. The smallest absolute Gasteiger partial charge is 0.221 e. The SMILES string of the molecule is CC(C)NC(=O)CCN1CCCN(CCCN)CC1. The lowest BCUT2D eigenvalue weighted by atomic mass is 10.3. The van der Waals surface area contributed by atoms with Crippen LogP contribution in [0.1, 0.15) is 33.1 Å². The first kappa shape index (κ1) is 16.4. The maximum Gasteiger partial charge on any atom is 0.221 e. The topological polar surface area (TPSA) is 61.6 Å². The predicted molar refractivity (Wildman–Crippen MR) is 79.1 cm³/mol. The van der Waals surface area contributed by atoms with Gasteiger partial charge in [-0.3, -0.25) is 4.79 Å². The van der Waals surface area contributed by atoms with Crippen molar-refractivity contribution in [3.8, 4) is 0 Å². The van der Waals surface area contributed by atoms with Crippen molar-refractivity contribution in [3.63, 3.8) is 0 Å². The maximum atomic E-state index is 11.6. The number of nitrogens with one attached hydrogen (secondary N) is 1. The minimum Gasteiger partial charge on any atom is -0.354 e. The molecular formula is C14H30N4O. The van der Waals surface area contributed by atoms with Crippen LogP contribution in [0.4, 0.5) is 0 Å². The molecule has 1 rings (SSSR count). The Bertz CT molecular complexity index is 258. The molecule has 3 N–H and O–H groups in total. The zero-order valence-electron chi connectivity index (χ0n) is 12.5. The molecular weight excluding hydrogens is 240 g/mol. The van der Waals surface area contributed by atoms with Crippen molar-refractivity contribution in [3.05, 3.63) is 0 Å². The highest BCUT2D eigenvalue weighted by molar-refractivity contribution is 5.76. The van der Waals surface area contributed by atoms with E-state index in [-0.39, 0.29) is 11.9 Å². The van der Waals surface area contributed by atoms with Gasteiger partial charge in [0.15, 0.2) is 0 Å². The van der Waals surface area contributed by atoms with Gasteiger partial charge in [-0.15, -0.1) is 0 Å². The van der Waals surface area contributed by atoms with Crippen LogP contribution in [0.5, 0.6) is 0 Å². The first-order valence-corrected chi connectivity index (χ1v) is 7.56. The number of hydrogen-bond acceptors (Lipinski definition) is 4. The van der Waals surface area contributed by atoms with Gasteiger partial charge in [0.05, 0.1) is 0 Å². The Labute approximate surface area is 117 Å². The Hall–Kier alpha value is -0.650. The molecule has 0 aliphatic carbocycles. The van der Waals surface area contributed by atoms with Gasteiger partial charge in [-0.2, -0.15) is 0 Å². The van der Waals surface area contributed by atoms with Crippen LogP contribution in [0.2, 0.25) is 0 Å². The normalized spacial score (nSPS) is 18.5. The first-order chi connectivity index (χ1) is 9.11. The lowest BCUT2D eigenvalue weighted by molar-refractivity contribution is -0.121. The molecule has 112 valence electrons. The van der Waals surface area contributed by atoms with Gasteiger partial charge in [0.2, 0.25) is 5.91 Å². The van der Waals surface area contributed by atoms with E-state index in [9.17, 15) is 4.79 Å². The van der Waals surface area contributed by atoms with Crippen LogP contribution < -0.4 is 11.1 Å². The molecule has 0 aromatic carbocycles. The Balaban J connectivity index is 2.20. The van der Waals surface area contributed by atoms with Gasteiger partial charge >= 0.3 is 0 Å². The summed E-state index contributed by atoms with van der Waals surface area (Å²) >= 11 is 0. The third-order valence-electron chi connectivity index (χ3n) is 3.46. The number of amides is 1. The number of nitrogens with two attached hydrogens (primary N) is 1. The van der Waals surface area contributed by atoms with E-state index in [1.165, 1.54) is 6.42 Å². The highest BCUT2D eigenvalue weighted by atomic mass is 16.1. The van der Waals surface area contributed by atoms with Gasteiger partial charge in [-0.1, -0.05) is 0 Å². The highest BCUT2D eigenvalue weighted by Crippen LogP contribution is 2.04. The molecule has 1 saturated heterocycles. The van der Waals surface area contributed by atoms with Crippen LogP contribution >= 0.6 is 0 Å². The zero-order valence-corrected chi connectivity index (χ0v) is 12.5. The average molecular weight is 270 g/mol. The second-order valence-corrected chi connectivity index (χ2v) is 5.65. The van der Waals surface area contributed by atoms with E-state index in [0.29, 0.717) is 6.42 Å². The minimum absolute atomic E-state index is 0.166. The van der Waals surface area contributed by atoms with Crippen LogP contribution in [0, 0.1) is 0 Å². The predicted octanol–water partition coefficient (Wildman–Crippen LogP) is 0.258. The van der Waals surface area contributed by atoms with Crippen LogP contribution in [0.25, 0.3) is 0 Å². The standard InChI is InChI=1S/C14H30N4O/c1-13(2)16-14(19)5-10-18-9-4-8-17(11-12-18)7-3-6-15/h13H,3-12,15H2,1-2H3,(H,16,19). The van der Waals surface area contributed by atoms with Gasteiger partial charge in [0.1, 0.15) is 0 Å². The van der Waals surface area contributed by atoms with Gasteiger partial charge in [0.25, 0.3) is 0 Å². The zero-order chi connectivity index (χ0) is 14.1. The van der Waals surface area contributed by atoms with E-state index in [2.05, 4.69) is 15.1 Å². The molecule has 1 aliphatic heterocycles. The summed E-state index contributed by atoms with van der Waals surface area (Å²) in [5.74, 6) is 0.166. The number of carbonyl (C=O) groups is 1. The third kappa shape index (κ3) is 7.50. The van der Waals surface area contributed by atoms with E-state index in [1.807, 2.05) is 13.8 Å². The Morgan fingerprint density at radius 3 is 2.37 bits per heavy atom. The van der Waals surface area contributed by atoms with Gasteiger partial charge in [-0.25, -0.2) is 0 Å². The third-order valence-corrected chi connectivity index (χ3v) is 3.46. The van der Waals surface area contributed by atoms with Crippen molar-refractivity contribution in [1.29, 1.82) is 0 Å². The van der Waals surface area contributed by atoms with Crippen molar-refractivity contribution in [2.45, 2.75) is 39.2 Å². The fraction of sp³-hybridized carbons (Fsp3) is 0.929. The molecule has 0 atom stereocenters. The van der Waals surface area contributed by atoms with Crippen LogP contribution in [0.3, 0.4) is 0 Å². The Kier molecular flexibility index (Phi) is 8.02. The van der Waals surface area contributed by atoms with Crippen molar-refractivity contribution in [1.82, 2.24) is 15.1 Å². The summed E-state index contributed by atoms with van der Waals surface area (Å²) in [5.41, 5.74) is 5.55. The van der Waals surface area contributed by atoms with Crippen LogP contribution in [0.15, 0.2) is 0 Å². The molecule has 1 aliphatic rings. The summed E-state index contributed by atoms with van der Waals surface area (Å²) in [7, 11) is 0.